The fourth-order valence-corrected chi connectivity index (χ4v) is 4.44. The van der Waals surface area contributed by atoms with E-state index in [-0.39, 0.29) is 34.4 Å². The monoisotopic (exact) mass is 561 g/mol. The van der Waals surface area contributed by atoms with Gasteiger partial charge in [-0.1, -0.05) is 71.7 Å². The van der Waals surface area contributed by atoms with Gasteiger partial charge in [0, 0.05) is 21.9 Å². The third kappa shape index (κ3) is 6.20. The van der Waals surface area contributed by atoms with Crippen molar-refractivity contribution in [3.8, 4) is 5.75 Å². The molecule has 10 heteroatoms. The number of benzene rings is 4. The van der Waals surface area contributed by atoms with Gasteiger partial charge in [-0.25, -0.2) is 4.79 Å². The first-order valence-electron chi connectivity index (χ1n) is 11.3. The minimum atomic E-state index is -4.46. The molecule has 0 aliphatic heterocycles. The smallest absolute Gasteiger partial charge is 0.416 e. The highest BCUT2D eigenvalue weighted by atomic mass is 35.5. The van der Waals surface area contributed by atoms with Crippen LogP contribution in [0.3, 0.4) is 0 Å². The fourth-order valence-electron chi connectivity index (χ4n) is 3.89. The standard InChI is InChI=1S/C28H20Cl2F3NO4/c29-22-6-3-7-23(30)21(22)14-24(27(36)37)34-26(35)20-13-10-17-4-1-2-5-19(17)25(20)38-15-16-8-11-18(12-9-16)28(31,32)33/h1-13,24H,14-15H2,(H,34,35)(H,36,37)/t24-/m0/s1. The van der Waals surface area contributed by atoms with Crippen molar-refractivity contribution in [3.63, 3.8) is 0 Å². The van der Waals surface area contributed by atoms with Crippen LogP contribution in [-0.4, -0.2) is 23.0 Å². The first kappa shape index (κ1) is 27.3. The van der Waals surface area contributed by atoms with Crippen LogP contribution in [0, 0.1) is 0 Å². The molecule has 0 bridgehead atoms. The molecule has 0 saturated carbocycles. The Hall–Kier alpha value is -3.75. The molecule has 0 heterocycles. The van der Waals surface area contributed by atoms with Gasteiger partial charge in [0.15, 0.2) is 0 Å². The molecule has 4 rings (SSSR count). The van der Waals surface area contributed by atoms with Gasteiger partial charge in [0.1, 0.15) is 18.4 Å². The number of aliphatic carboxylic acids is 1. The van der Waals surface area contributed by atoms with Crippen LogP contribution in [-0.2, 0) is 24.0 Å². The van der Waals surface area contributed by atoms with E-state index in [1.165, 1.54) is 18.2 Å². The zero-order valence-electron chi connectivity index (χ0n) is 19.6. The molecule has 4 aromatic carbocycles. The Morgan fingerprint density at radius 2 is 1.55 bits per heavy atom. The molecule has 0 spiro atoms. The highest BCUT2D eigenvalue weighted by Gasteiger charge is 2.30. The second-order valence-electron chi connectivity index (χ2n) is 8.42. The minimum Gasteiger partial charge on any atom is -0.487 e. The van der Waals surface area contributed by atoms with E-state index in [2.05, 4.69) is 5.32 Å². The normalized spacial score (nSPS) is 12.2. The molecule has 0 aliphatic rings. The number of nitrogens with one attached hydrogen (secondary N) is 1. The Morgan fingerprint density at radius 1 is 0.895 bits per heavy atom. The highest BCUT2D eigenvalue weighted by molar-refractivity contribution is 6.36. The summed E-state index contributed by atoms with van der Waals surface area (Å²) in [6.45, 7) is -0.121. The number of ether oxygens (including phenoxy) is 1. The number of carbonyl (C=O) groups is 2. The number of carbonyl (C=O) groups excluding carboxylic acids is 1. The fraction of sp³-hybridized carbons (Fsp3) is 0.143. The molecule has 0 fully saturated rings. The maximum atomic E-state index is 13.3. The molecular formula is C28H20Cl2F3NO4. The summed E-state index contributed by atoms with van der Waals surface area (Å²) in [6, 6.07) is 18.2. The van der Waals surface area contributed by atoms with Gasteiger partial charge in [-0.15, -0.1) is 0 Å². The van der Waals surface area contributed by atoms with E-state index in [0.29, 0.717) is 16.5 Å². The molecule has 1 amide bonds. The predicted octanol–water partition coefficient (Wildman–Crippen LogP) is 7.17. The van der Waals surface area contributed by atoms with Gasteiger partial charge < -0.3 is 15.2 Å². The van der Waals surface area contributed by atoms with Crippen LogP contribution in [0.2, 0.25) is 10.0 Å². The zero-order chi connectivity index (χ0) is 27.4. The second kappa shape index (κ2) is 11.3. The molecule has 0 aromatic heterocycles. The summed E-state index contributed by atoms with van der Waals surface area (Å²) in [5.74, 6) is -1.84. The largest absolute Gasteiger partial charge is 0.487 e. The molecule has 196 valence electrons. The molecule has 4 aromatic rings. The van der Waals surface area contributed by atoms with Gasteiger partial charge in [-0.2, -0.15) is 13.2 Å². The SMILES string of the molecule is O=C(N[C@@H](Cc1c(Cl)cccc1Cl)C(=O)O)c1ccc2ccccc2c1OCc1ccc(C(F)(F)F)cc1. The van der Waals surface area contributed by atoms with Gasteiger partial charge in [-0.05, 0) is 46.8 Å². The Labute approximate surface area is 225 Å². The van der Waals surface area contributed by atoms with Crippen molar-refractivity contribution in [1.29, 1.82) is 0 Å². The lowest BCUT2D eigenvalue weighted by molar-refractivity contribution is -0.139. The Balaban J connectivity index is 1.62. The van der Waals surface area contributed by atoms with Crippen LogP contribution in [0.4, 0.5) is 13.2 Å². The molecule has 0 saturated heterocycles. The van der Waals surface area contributed by atoms with Crippen molar-refractivity contribution in [2.75, 3.05) is 0 Å². The van der Waals surface area contributed by atoms with E-state index in [1.807, 2.05) is 6.07 Å². The summed E-state index contributed by atoms with van der Waals surface area (Å²) in [4.78, 5) is 25.3. The van der Waals surface area contributed by atoms with Crippen LogP contribution in [0.1, 0.15) is 27.0 Å². The average molecular weight is 562 g/mol. The quantitative estimate of drug-likeness (QED) is 0.239. The molecule has 0 aliphatic carbocycles. The van der Waals surface area contributed by atoms with E-state index >= 15 is 0 Å². The Bertz CT molecular complexity index is 1470. The lowest BCUT2D eigenvalue weighted by Crippen LogP contribution is -2.42. The summed E-state index contributed by atoms with van der Waals surface area (Å²) < 4.78 is 44.6. The lowest BCUT2D eigenvalue weighted by Gasteiger charge is -2.19. The van der Waals surface area contributed by atoms with Gasteiger partial charge in [-0.3, -0.25) is 4.79 Å². The minimum absolute atomic E-state index is 0.0621. The van der Waals surface area contributed by atoms with Gasteiger partial charge in [0.2, 0.25) is 0 Å². The van der Waals surface area contributed by atoms with Crippen LogP contribution in [0.25, 0.3) is 10.8 Å². The maximum absolute atomic E-state index is 13.3. The molecule has 0 radical (unpaired) electrons. The number of carboxylic acid groups (broad SMARTS) is 1. The predicted molar refractivity (Wildman–Crippen MR) is 139 cm³/mol. The van der Waals surface area contributed by atoms with Gasteiger partial charge in [0.25, 0.3) is 5.91 Å². The molecule has 38 heavy (non-hydrogen) atoms. The Morgan fingerprint density at radius 3 is 2.18 bits per heavy atom. The van der Waals surface area contributed by atoms with Gasteiger partial charge >= 0.3 is 12.1 Å². The summed E-state index contributed by atoms with van der Waals surface area (Å²) in [5.41, 5.74) is 0.104. The van der Waals surface area contributed by atoms with Crippen LogP contribution >= 0.6 is 23.2 Å². The van der Waals surface area contributed by atoms with Crippen molar-refractivity contribution < 1.29 is 32.6 Å². The van der Waals surface area contributed by atoms with Crippen molar-refractivity contribution in [2.24, 2.45) is 0 Å². The molecule has 0 unspecified atom stereocenters. The van der Waals surface area contributed by atoms with Crippen molar-refractivity contribution in [3.05, 3.63) is 111 Å². The number of carboxylic acids is 1. The van der Waals surface area contributed by atoms with Gasteiger partial charge in [0.05, 0.1) is 11.1 Å². The van der Waals surface area contributed by atoms with E-state index in [4.69, 9.17) is 27.9 Å². The number of hydrogen-bond acceptors (Lipinski definition) is 3. The van der Waals surface area contributed by atoms with E-state index < -0.39 is 29.7 Å². The number of fused-ring (bicyclic) bond motifs is 1. The van der Waals surface area contributed by atoms with E-state index in [9.17, 15) is 27.9 Å². The van der Waals surface area contributed by atoms with E-state index in [0.717, 1.165) is 17.5 Å². The third-order valence-electron chi connectivity index (χ3n) is 5.86. The van der Waals surface area contributed by atoms with E-state index in [1.54, 1.807) is 42.5 Å². The third-order valence-corrected chi connectivity index (χ3v) is 6.57. The summed E-state index contributed by atoms with van der Waals surface area (Å²) in [7, 11) is 0. The zero-order valence-corrected chi connectivity index (χ0v) is 21.1. The second-order valence-corrected chi connectivity index (χ2v) is 9.23. The van der Waals surface area contributed by atoms with Crippen LogP contribution in [0.5, 0.6) is 5.75 Å². The Kier molecular flexibility index (Phi) is 8.14. The van der Waals surface area contributed by atoms with Crippen LogP contribution < -0.4 is 10.1 Å². The van der Waals surface area contributed by atoms with Crippen molar-refractivity contribution in [2.45, 2.75) is 25.2 Å². The van der Waals surface area contributed by atoms with Crippen molar-refractivity contribution >= 4 is 45.9 Å². The first-order chi connectivity index (χ1) is 18.0. The molecular weight excluding hydrogens is 542 g/mol. The number of hydrogen-bond donors (Lipinski definition) is 2. The summed E-state index contributed by atoms with van der Waals surface area (Å²) in [6.07, 6.45) is -4.62. The lowest BCUT2D eigenvalue weighted by atomic mass is 10.0. The highest BCUT2D eigenvalue weighted by Crippen LogP contribution is 2.32. The number of amides is 1. The number of rotatable bonds is 8. The topological polar surface area (TPSA) is 75.6 Å². The number of halogens is 5. The molecule has 5 nitrogen and oxygen atoms in total. The summed E-state index contributed by atoms with van der Waals surface area (Å²) >= 11 is 12.4. The average Bonchev–Trinajstić information content (AvgIpc) is 2.88. The molecule has 2 N–H and O–H groups in total. The van der Waals surface area contributed by atoms with Crippen LogP contribution in [0.15, 0.2) is 78.9 Å². The maximum Gasteiger partial charge on any atom is 0.416 e. The summed E-state index contributed by atoms with van der Waals surface area (Å²) in [5, 5.41) is 14.1. The molecule has 1 atom stereocenters. The number of alkyl halides is 3. The van der Waals surface area contributed by atoms with Crippen molar-refractivity contribution in [1.82, 2.24) is 5.32 Å². The first-order valence-corrected chi connectivity index (χ1v) is 12.1.